The smallest absolute Gasteiger partial charge is 0.280 e. The van der Waals surface area contributed by atoms with E-state index in [4.69, 9.17) is 5.73 Å². The molecule has 8 heteroatoms. The minimum atomic E-state index is -0.651. The summed E-state index contributed by atoms with van der Waals surface area (Å²) in [4.78, 5) is 22.4. The van der Waals surface area contributed by atoms with Crippen LogP contribution >= 0.6 is 0 Å². The Morgan fingerprint density at radius 1 is 1.48 bits per heavy atom. The number of rotatable bonds is 1. The van der Waals surface area contributed by atoms with E-state index in [-0.39, 0.29) is 17.5 Å². The third-order valence-electron chi connectivity index (χ3n) is 4.79. The van der Waals surface area contributed by atoms with Crippen LogP contribution in [0.4, 0.5) is 5.95 Å². The predicted octanol–water partition coefficient (Wildman–Crippen LogP) is -0.685. The molecule has 0 saturated heterocycles. The number of nitrogen functional groups attached to an aromatic ring is 1. The van der Waals surface area contributed by atoms with E-state index in [0.29, 0.717) is 18.5 Å². The molecule has 0 unspecified atom stereocenters. The first-order valence-electron chi connectivity index (χ1n) is 6.73. The van der Waals surface area contributed by atoms with Gasteiger partial charge in [0, 0.05) is 5.41 Å². The molecule has 0 radical (unpaired) electrons. The van der Waals surface area contributed by atoms with E-state index in [1.165, 1.54) is 6.33 Å². The van der Waals surface area contributed by atoms with Crippen molar-refractivity contribution in [2.24, 2.45) is 5.41 Å². The standard InChI is InChI=1S/C13H15N5O3/c1-5-6(2-7(19)13(5)3-8(13)20)18-4-15-9-10(18)16-12(14)17-11(9)21/h4,6-8,19-20H,1-3H2,(H3,14,16,17,21)/t6-,7-,8+,13+/m0/s1. The molecule has 2 aliphatic rings. The zero-order valence-electron chi connectivity index (χ0n) is 11.2. The first-order chi connectivity index (χ1) is 9.95. The van der Waals surface area contributed by atoms with E-state index >= 15 is 0 Å². The molecule has 4 atom stereocenters. The van der Waals surface area contributed by atoms with Gasteiger partial charge in [-0.2, -0.15) is 4.98 Å². The molecule has 0 bridgehead atoms. The van der Waals surface area contributed by atoms with Gasteiger partial charge in [-0.3, -0.25) is 9.78 Å². The summed E-state index contributed by atoms with van der Waals surface area (Å²) < 4.78 is 1.70. The number of nitrogens with zero attached hydrogens (tertiary/aromatic N) is 3. The first kappa shape index (κ1) is 12.5. The van der Waals surface area contributed by atoms with Crippen LogP contribution < -0.4 is 11.3 Å². The summed E-state index contributed by atoms with van der Waals surface area (Å²) in [6.45, 7) is 4.05. The van der Waals surface area contributed by atoms with Gasteiger partial charge in [0.2, 0.25) is 5.95 Å². The van der Waals surface area contributed by atoms with E-state index in [0.717, 1.165) is 5.57 Å². The lowest BCUT2D eigenvalue weighted by molar-refractivity contribution is 0.0962. The fourth-order valence-electron chi connectivity index (χ4n) is 3.51. The van der Waals surface area contributed by atoms with Crippen molar-refractivity contribution in [1.82, 2.24) is 19.5 Å². The lowest BCUT2D eigenvalue weighted by Gasteiger charge is -2.16. The quantitative estimate of drug-likeness (QED) is 0.514. The Morgan fingerprint density at radius 3 is 2.81 bits per heavy atom. The van der Waals surface area contributed by atoms with Crippen molar-refractivity contribution in [3.63, 3.8) is 0 Å². The van der Waals surface area contributed by atoms with Crippen molar-refractivity contribution in [1.29, 1.82) is 0 Å². The molecule has 1 spiro atoms. The zero-order valence-corrected chi connectivity index (χ0v) is 11.2. The van der Waals surface area contributed by atoms with Crippen LogP contribution in [0.15, 0.2) is 23.3 Å². The van der Waals surface area contributed by atoms with Crippen LogP contribution in [0.3, 0.4) is 0 Å². The minimum Gasteiger partial charge on any atom is -0.392 e. The van der Waals surface area contributed by atoms with E-state index in [9.17, 15) is 15.0 Å². The van der Waals surface area contributed by atoms with Gasteiger partial charge in [-0.25, -0.2) is 4.98 Å². The Hall–Kier alpha value is -2.19. The maximum atomic E-state index is 11.8. The summed E-state index contributed by atoms with van der Waals surface area (Å²) in [5.74, 6) is 0.0135. The maximum absolute atomic E-state index is 11.8. The molecule has 2 aromatic rings. The Bertz CT molecular complexity index is 825. The van der Waals surface area contributed by atoms with Crippen molar-refractivity contribution in [2.45, 2.75) is 31.1 Å². The Labute approximate surface area is 118 Å². The number of imidazole rings is 1. The van der Waals surface area contributed by atoms with E-state index < -0.39 is 23.2 Å². The van der Waals surface area contributed by atoms with Crippen LogP contribution in [-0.2, 0) is 0 Å². The average molecular weight is 289 g/mol. The van der Waals surface area contributed by atoms with Crippen LogP contribution in [0.5, 0.6) is 0 Å². The summed E-state index contributed by atoms with van der Waals surface area (Å²) >= 11 is 0. The number of nitrogens with one attached hydrogen (secondary N) is 1. The third-order valence-corrected chi connectivity index (χ3v) is 4.79. The van der Waals surface area contributed by atoms with Crippen molar-refractivity contribution >= 4 is 17.1 Å². The fraction of sp³-hybridized carbons (Fsp3) is 0.462. The fourth-order valence-corrected chi connectivity index (χ4v) is 3.51. The Morgan fingerprint density at radius 2 is 2.19 bits per heavy atom. The topological polar surface area (TPSA) is 130 Å². The summed E-state index contributed by atoms with van der Waals surface area (Å²) in [7, 11) is 0. The van der Waals surface area contributed by atoms with Gasteiger partial charge in [0.15, 0.2) is 11.2 Å². The van der Waals surface area contributed by atoms with Crippen LogP contribution in [0, 0.1) is 5.41 Å². The number of H-pyrrole nitrogens is 1. The second kappa shape index (κ2) is 3.71. The van der Waals surface area contributed by atoms with E-state index in [1.807, 2.05) is 0 Å². The molecule has 2 heterocycles. The second-order valence-corrected chi connectivity index (χ2v) is 5.83. The number of anilines is 1. The molecule has 2 aromatic heterocycles. The van der Waals surface area contributed by atoms with Crippen LogP contribution in [0.25, 0.3) is 11.2 Å². The normalized spacial score (nSPS) is 35.0. The minimum absolute atomic E-state index is 0.0135. The molecule has 0 amide bonds. The molecule has 2 fully saturated rings. The highest BCUT2D eigenvalue weighted by molar-refractivity contribution is 5.71. The van der Waals surface area contributed by atoms with Crippen molar-refractivity contribution < 1.29 is 10.2 Å². The third kappa shape index (κ3) is 1.43. The summed E-state index contributed by atoms with van der Waals surface area (Å²) in [5.41, 5.74) is 5.88. The highest BCUT2D eigenvalue weighted by Gasteiger charge is 2.65. The first-order valence-corrected chi connectivity index (χ1v) is 6.73. The van der Waals surface area contributed by atoms with Crippen LogP contribution in [0.1, 0.15) is 18.9 Å². The van der Waals surface area contributed by atoms with Crippen LogP contribution in [0.2, 0.25) is 0 Å². The molecule has 2 saturated carbocycles. The number of aliphatic hydroxyl groups is 2. The van der Waals surface area contributed by atoms with Crippen molar-refractivity contribution in [2.75, 3.05) is 5.73 Å². The molecule has 0 aromatic carbocycles. The number of fused-ring (bicyclic) bond motifs is 1. The molecule has 21 heavy (non-hydrogen) atoms. The van der Waals surface area contributed by atoms with Crippen molar-refractivity contribution in [3.8, 4) is 0 Å². The number of aromatic amines is 1. The van der Waals surface area contributed by atoms with E-state index in [2.05, 4.69) is 21.5 Å². The van der Waals surface area contributed by atoms with Gasteiger partial charge in [-0.15, -0.1) is 0 Å². The average Bonchev–Trinajstić information content (AvgIpc) is 2.82. The number of nitrogens with two attached hydrogens (primary N) is 1. The van der Waals surface area contributed by atoms with Gasteiger partial charge < -0.3 is 20.5 Å². The van der Waals surface area contributed by atoms with E-state index in [1.54, 1.807) is 4.57 Å². The zero-order chi connectivity index (χ0) is 14.9. The lowest BCUT2D eigenvalue weighted by Crippen LogP contribution is -2.19. The Kier molecular flexibility index (Phi) is 2.22. The summed E-state index contributed by atoms with van der Waals surface area (Å²) in [5, 5.41) is 20.1. The number of aliphatic hydroxyl groups excluding tert-OH is 2. The van der Waals surface area contributed by atoms with Gasteiger partial charge in [-0.05, 0) is 18.4 Å². The number of hydrogen-bond acceptors (Lipinski definition) is 6. The molecule has 110 valence electrons. The highest BCUT2D eigenvalue weighted by atomic mass is 16.3. The van der Waals surface area contributed by atoms with Gasteiger partial charge >= 0.3 is 0 Å². The lowest BCUT2D eigenvalue weighted by atomic mass is 9.97. The second-order valence-electron chi connectivity index (χ2n) is 5.83. The molecule has 8 nitrogen and oxygen atoms in total. The maximum Gasteiger partial charge on any atom is 0.280 e. The SMILES string of the molecule is C=C1[C@@H](n2cnc3c(=O)[nH]c(N)nc32)C[C@H](O)[C@@]12C[C@H]2O. The molecule has 0 aliphatic heterocycles. The van der Waals surface area contributed by atoms with Crippen LogP contribution in [-0.4, -0.2) is 41.9 Å². The molecular weight excluding hydrogens is 274 g/mol. The van der Waals surface area contributed by atoms with Gasteiger partial charge in [0.05, 0.1) is 24.6 Å². The van der Waals surface area contributed by atoms with Gasteiger partial charge in [0.1, 0.15) is 0 Å². The number of hydrogen-bond donors (Lipinski definition) is 4. The summed E-state index contributed by atoms with van der Waals surface area (Å²) in [6, 6.07) is -0.254. The predicted molar refractivity (Wildman–Crippen MR) is 74.4 cm³/mol. The van der Waals surface area contributed by atoms with Gasteiger partial charge in [0.25, 0.3) is 5.56 Å². The largest absolute Gasteiger partial charge is 0.392 e. The number of aromatic nitrogens is 4. The van der Waals surface area contributed by atoms with Gasteiger partial charge in [-0.1, -0.05) is 6.58 Å². The van der Waals surface area contributed by atoms with Crippen molar-refractivity contribution in [3.05, 3.63) is 28.8 Å². The highest BCUT2D eigenvalue weighted by Crippen LogP contribution is 2.63. The monoisotopic (exact) mass is 289 g/mol. The summed E-state index contributed by atoms with van der Waals surface area (Å²) in [6.07, 6.45) is 1.23. The molecular formula is C13H15N5O3. The molecule has 4 rings (SSSR count). The Balaban J connectivity index is 1.85. The molecule has 5 N–H and O–H groups in total. The molecule has 2 aliphatic carbocycles.